The number of nitrogens with two attached hydrogens (primary N) is 1. The fourth-order valence-electron chi connectivity index (χ4n) is 1.73. The molecule has 0 saturated heterocycles. The minimum atomic E-state index is 0.0334. The largest absolute Gasteiger partial charge is 0.326 e. The van der Waals surface area contributed by atoms with Gasteiger partial charge < -0.3 is 5.73 Å². The van der Waals surface area contributed by atoms with Crippen molar-refractivity contribution in [2.45, 2.75) is 32.7 Å². The summed E-state index contributed by atoms with van der Waals surface area (Å²) >= 11 is 1.66. The van der Waals surface area contributed by atoms with Gasteiger partial charge in [0.25, 0.3) is 0 Å². The number of nitrogens with zero attached hydrogens (tertiary/aromatic N) is 3. The summed E-state index contributed by atoms with van der Waals surface area (Å²) < 4.78 is 1.79. The highest BCUT2D eigenvalue weighted by Crippen LogP contribution is 2.33. The number of hydrogen-bond donors (Lipinski definition) is 1. The highest BCUT2D eigenvalue weighted by atomic mass is 32.1. The van der Waals surface area contributed by atoms with E-state index >= 15 is 0 Å². The van der Waals surface area contributed by atoms with Gasteiger partial charge in [0, 0.05) is 35.6 Å². The van der Waals surface area contributed by atoms with E-state index in [9.17, 15) is 0 Å². The van der Waals surface area contributed by atoms with Gasteiger partial charge in [-0.3, -0.25) is 4.68 Å². The summed E-state index contributed by atoms with van der Waals surface area (Å²) in [6, 6.07) is 0. The van der Waals surface area contributed by atoms with Crippen LogP contribution in [0.25, 0.3) is 10.6 Å². The molecule has 2 heterocycles. The van der Waals surface area contributed by atoms with Gasteiger partial charge in [-0.15, -0.1) is 11.3 Å². The number of aromatic nitrogens is 3. The van der Waals surface area contributed by atoms with Crippen molar-refractivity contribution in [2.75, 3.05) is 0 Å². The van der Waals surface area contributed by atoms with Crippen LogP contribution in [-0.4, -0.2) is 14.8 Å². The minimum Gasteiger partial charge on any atom is -0.326 e. The quantitative estimate of drug-likeness (QED) is 0.889. The van der Waals surface area contributed by atoms with E-state index in [4.69, 9.17) is 10.7 Å². The Morgan fingerprint density at radius 2 is 2.12 bits per heavy atom. The maximum atomic E-state index is 5.79. The monoisotopic (exact) mass is 250 g/mol. The maximum Gasteiger partial charge on any atom is 0.127 e. The molecule has 5 heteroatoms. The lowest BCUT2D eigenvalue weighted by Gasteiger charge is -2.16. The fourth-order valence-corrected chi connectivity index (χ4v) is 2.86. The van der Waals surface area contributed by atoms with Gasteiger partial charge in [-0.05, 0) is 0 Å². The Kier molecular flexibility index (Phi) is 3.05. The Morgan fingerprint density at radius 1 is 1.41 bits per heavy atom. The van der Waals surface area contributed by atoms with Crippen molar-refractivity contribution in [1.82, 2.24) is 14.8 Å². The molecule has 0 aliphatic rings. The smallest absolute Gasteiger partial charge is 0.127 e. The highest BCUT2D eigenvalue weighted by molar-refractivity contribution is 7.15. The lowest BCUT2D eigenvalue weighted by atomic mass is 9.91. The van der Waals surface area contributed by atoms with E-state index in [0.717, 1.165) is 21.1 Å². The summed E-state index contributed by atoms with van der Waals surface area (Å²) in [4.78, 5) is 5.88. The summed E-state index contributed by atoms with van der Waals surface area (Å²) in [6.07, 6.45) is 3.82. The van der Waals surface area contributed by atoms with E-state index in [-0.39, 0.29) is 5.41 Å². The third-order valence-corrected chi connectivity index (χ3v) is 3.67. The van der Waals surface area contributed by atoms with Crippen LogP contribution in [0.5, 0.6) is 0 Å². The number of hydrogen-bond acceptors (Lipinski definition) is 4. The zero-order valence-electron chi connectivity index (χ0n) is 10.7. The molecule has 2 aromatic heterocycles. The van der Waals surface area contributed by atoms with Gasteiger partial charge in [-0.1, -0.05) is 20.8 Å². The van der Waals surface area contributed by atoms with E-state index in [2.05, 4.69) is 25.9 Å². The summed E-state index contributed by atoms with van der Waals surface area (Å²) in [5.74, 6) is 0. The molecule has 0 aliphatic carbocycles. The Morgan fingerprint density at radius 3 is 2.53 bits per heavy atom. The standard InChI is InChI=1S/C12H18N4S/c1-12(2,3)10-9(5-13)17-11(15-10)8-6-14-16(4)7-8/h6-7H,5,13H2,1-4H3. The molecule has 17 heavy (non-hydrogen) atoms. The van der Waals surface area contributed by atoms with Crippen LogP contribution in [0.15, 0.2) is 12.4 Å². The van der Waals surface area contributed by atoms with Crippen LogP contribution in [0.2, 0.25) is 0 Å². The van der Waals surface area contributed by atoms with Crippen LogP contribution in [0, 0.1) is 0 Å². The van der Waals surface area contributed by atoms with Crippen molar-refractivity contribution in [3.63, 3.8) is 0 Å². The topological polar surface area (TPSA) is 56.7 Å². The van der Waals surface area contributed by atoms with Crippen LogP contribution < -0.4 is 5.73 Å². The SMILES string of the molecule is Cn1cc(-c2nc(C(C)(C)C)c(CN)s2)cn1. The predicted octanol–water partition coefficient (Wildman–Crippen LogP) is 2.30. The predicted molar refractivity (Wildman–Crippen MR) is 70.9 cm³/mol. The molecule has 0 spiro atoms. The van der Waals surface area contributed by atoms with E-state index in [1.54, 1.807) is 16.0 Å². The lowest BCUT2D eigenvalue weighted by molar-refractivity contribution is 0.567. The molecule has 92 valence electrons. The Hall–Kier alpha value is -1.20. The summed E-state index contributed by atoms with van der Waals surface area (Å²) in [7, 11) is 1.91. The van der Waals surface area contributed by atoms with E-state index < -0.39 is 0 Å². The van der Waals surface area contributed by atoms with Crippen molar-refractivity contribution < 1.29 is 0 Å². The number of rotatable bonds is 2. The molecular weight excluding hydrogens is 232 g/mol. The molecule has 0 fully saturated rings. The fraction of sp³-hybridized carbons (Fsp3) is 0.500. The molecule has 0 unspecified atom stereocenters. The van der Waals surface area contributed by atoms with Crippen molar-refractivity contribution in [3.8, 4) is 10.6 Å². The molecule has 0 saturated carbocycles. The normalized spacial score (nSPS) is 12.1. The molecule has 0 radical (unpaired) electrons. The van der Waals surface area contributed by atoms with Gasteiger partial charge in [-0.25, -0.2) is 4.98 Å². The zero-order chi connectivity index (χ0) is 12.6. The Balaban J connectivity index is 2.48. The van der Waals surface area contributed by atoms with Crippen LogP contribution in [0.1, 0.15) is 31.3 Å². The first-order valence-electron chi connectivity index (χ1n) is 5.61. The van der Waals surface area contributed by atoms with Gasteiger partial charge in [0.05, 0.1) is 11.9 Å². The van der Waals surface area contributed by atoms with Crippen LogP contribution in [0.4, 0.5) is 0 Å². The Bertz CT molecular complexity index is 519. The van der Waals surface area contributed by atoms with Gasteiger partial charge >= 0.3 is 0 Å². The second-order valence-electron chi connectivity index (χ2n) is 5.15. The average molecular weight is 250 g/mol. The molecule has 2 rings (SSSR count). The number of thiazole rings is 1. The molecule has 2 N–H and O–H groups in total. The van der Waals surface area contributed by atoms with Crippen LogP contribution in [0.3, 0.4) is 0 Å². The third kappa shape index (κ3) is 2.40. The summed E-state index contributed by atoms with van der Waals surface area (Å²) in [5.41, 5.74) is 7.99. The van der Waals surface area contributed by atoms with Gasteiger partial charge in [-0.2, -0.15) is 5.10 Å². The number of aryl methyl sites for hydroxylation is 1. The second-order valence-corrected chi connectivity index (χ2v) is 6.23. The lowest BCUT2D eigenvalue weighted by Crippen LogP contribution is -2.15. The molecular formula is C12H18N4S. The van der Waals surface area contributed by atoms with Gasteiger partial charge in [0.15, 0.2) is 0 Å². The van der Waals surface area contributed by atoms with Crippen LogP contribution in [-0.2, 0) is 19.0 Å². The van der Waals surface area contributed by atoms with Crippen molar-refractivity contribution in [1.29, 1.82) is 0 Å². The first-order valence-corrected chi connectivity index (χ1v) is 6.42. The van der Waals surface area contributed by atoms with Gasteiger partial charge in [0.2, 0.25) is 0 Å². The van der Waals surface area contributed by atoms with Crippen molar-refractivity contribution >= 4 is 11.3 Å². The van der Waals surface area contributed by atoms with E-state index in [1.165, 1.54) is 0 Å². The molecule has 2 aromatic rings. The first kappa shape index (κ1) is 12.3. The molecule has 4 nitrogen and oxygen atoms in total. The summed E-state index contributed by atoms with van der Waals surface area (Å²) in [5, 5.41) is 5.18. The second kappa shape index (κ2) is 4.23. The maximum absolute atomic E-state index is 5.79. The molecule has 0 bridgehead atoms. The minimum absolute atomic E-state index is 0.0334. The third-order valence-electron chi connectivity index (χ3n) is 2.54. The molecule has 0 amide bonds. The molecule has 0 atom stereocenters. The first-order chi connectivity index (χ1) is 7.91. The zero-order valence-corrected chi connectivity index (χ0v) is 11.5. The van der Waals surface area contributed by atoms with Gasteiger partial charge in [0.1, 0.15) is 5.01 Å². The van der Waals surface area contributed by atoms with E-state index in [1.807, 2.05) is 19.4 Å². The average Bonchev–Trinajstić information content (AvgIpc) is 2.81. The highest BCUT2D eigenvalue weighted by Gasteiger charge is 2.23. The Labute approximate surface area is 105 Å². The molecule has 0 aromatic carbocycles. The molecule has 0 aliphatic heterocycles. The summed E-state index contributed by atoms with van der Waals surface area (Å²) in [6.45, 7) is 7.03. The van der Waals surface area contributed by atoms with Crippen molar-refractivity contribution in [2.24, 2.45) is 12.8 Å². The van der Waals surface area contributed by atoms with E-state index in [0.29, 0.717) is 6.54 Å². The van der Waals surface area contributed by atoms with Crippen molar-refractivity contribution in [3.05, 3.63) is 23.0 Å². The van der Waals surface area contributed by atoms with Crippen LogP contribution >= 0.6 is 11.3 Å².